The molecule has 0 atom stereocenters. The second kappa shape index (κ2) is 3.73. The molecule has 1 amide bonds. The molecule has 2 aliphatic rings. The number of rotatable bonds is 2. The number of hydrogen-bond donors (Lipinski definition) is 0. The van der Waals surface area contributed by atoms with Gasteiger partial charge in [-0.3, -0.25) is 4.79 Å². The largest absolute Gasteiger partial charge is 0.363 e. The Kier molecular flexibility index (Phi) is 2.78. The Bertz CT molecular complexity index is 534. The van der Waals surface area contributed by atoms with Gasteiger partial charge < -0.3 is 4.74 Å². The van der Waals surface area contributed by atoms with Crippen LogP contribution in [0.1, 0.15) is 6.42 Å². The number of carbonyl (C=O) groups is 1. The van der Waals surface area contributed by atoms with Crippen molar-refractivity contribution in [2.75, 3.05) is 13.8 Å². The van der Waals surface area contributed by atoms with Gasteiger partial charge in [-0.1, -0.05) is 23.2 Å². The summed E-state index contributed by atoms with van der Waals surface area (Å²) < 4.78 is 29.2. The Morgan fingerprint density at radius 1 is 1.44 bits per heavy atom. The van der Waals surface area contributed by atoms with Crippen LogP contribution < -0.4 is 0 Å². The van der Waals surface area contributed by atoms with Crippen molar-refractivity contribution in [3.8, 4) is 0 Å². The minimum absolute atomic E-state index is 0.0635. The maximum atomic E-state index is 11.9. The maximum Gasteiger partial charge on any atom is 0.270 e. The lowest BCUT2D eigenvalue weighted by Gasteiger charge is -2.16. The molecule has 0 saturated carbocycles. The van der Waals surface area contributed by atoms with E-state index < -0.39 is 15.9 Å². The monoisotopic (exact) mass is 283 g/mol. The molecule has 0 radical (unpaired) electrons. The van der Waals surface area contributed by atoms with Crippen LogP contribution in [-0.2, 0) is 19.6 Å². The first-order valence-corrected chi connectivity index (χ1v) is 6.44. The van der Waals surface area contributed by atoms with E-state index in [1.165, 1.54) is 7.11 Å². The predicted molar refractivity (Wildman–Crippen MR) is 58.0 cm³/mol. The predicted octanol–water partition coefficient (Wildman–Crippen LogP) is 1.11. The third-order valence-electron chi connectivity index (χ3n) is 2.32. The van der Waals surface area contributed by atoms with Gasteiger partial charge in [-0.25, -0.2) is 12.7 Å². The number of carbonyl (C=O) groups excluding carboxylic acids is 1. The van der Waals surface area contributed by atoms with E-state index in [1.54, 1.807) is 0 Å². The van der Waals surface area contributed by atoms with E-state index >= 15 is 0 Å². The Labute approximate surface area is 102 Å². The normalized spacial score (nSPS) is 23.4. The number of hydrogen-bond acceptors (Lipinski definition) is 4. The fourth-order valence-electron chi connectivity index (χ4n) is 1.63. The van der Waals surface area contributed by atoms with Gasteiger partial charge in [0.05, 0.1) is 5.03 Å². The van der Waals surface area contributed by atoms with Crippen molar-refractivity contribution < 1.29 is 17.9 Å². The topological polar surface area (TPSA) is 63.7 Å². The lowest BCUT2D eigenvalue weighted by Crippen LogP contribution is -2.34. The van der Waals surface area contributed by atoms with Crippen LogP contribution in [0.2, 0.25) is 0 Å². The van der Waals surface area contributed by atoms with Gasteiger partial charge in [-0.05, 0) is 0 Å². The summed E-state index contributed by atoms with van der Waals surface area (Å²) in [5.41, 5.74) is 0.118. The summed E-state index contributed by atoms with van der Waals surface area (Å²) in [5, 5.41) is 0.115. The number of halogens is 2. The van der Waals surface area contributed by atoms with Crippen molar-refractivity contribution in [1.29, 1.82) is 0 Å². The molecule has 0 aromatic carbocycles. The quantitative estimate of drug-likeness (QED) is 0.762. The average Bonchev–Trinajstić information content (AvgIpc) is 2.59. The van der Waals surface area contributed by atoms with E-state index in [-0.39, 0.29) is 33.7 Å². The van der Waals surface area contributed by atoms with E-state index in [4.69, 9.17) is 23.2 Å². The smallest absolute Gasteiger partial charge is 0.270 e. The maximum absolute atomic E-state index is 11.9. The number of sulfonamides is 1. The van der Waals surface area contributed by atoms with Gasteiger partial charge >= 0.3 is 0 Å². The second-order valence-corrected chi connectivity index (χ2v) is 5.91. The molecular formula is C8H7Cl2NO4S. The lowest BCUT2D eigenvalue weighted by atomic mass is 10.2. The molecule has 2 rings (SSSR count). The second-order valence-electron chi connectivity index (χ2n) is 3.28. The summed E-state index contributed by atoms with van der Waals surface area (Å²) in [4.78, 5) is 11.6. The van der Waals surface area contributed by atoms with Gasteiger partial charge in [0.15, 0.2) is 0 Å². The van der Waals surface area contributed by atoms with Crippen molar-refractivity contribution in [2.45, 2.75) is 6.42 Å². The van der Waals surface area contributed by atoms with Crippen LogP contribution in [0.15, 0.2) is 20.5 Å². The van der Waals surface area contributed by atoms with E-state index in [0.29, 0.717) is 4.31 Å². The molecule has 0 aromatic rings. The molecular weight excluding hydrogens is 277 g/mol. The Morgan fingerprint density at radius 2 is 2.06 bits per heavy atom. The van der Waals surface area contributed by atoms with Gasteiger partial charge in [-0.15, -0.1) is 0 Å². The van der Waals surface area contributed by atoms with E-state index in [9.17, 15) is 13.2 Å². The summed E-state index contributed by atoms with van der Waals surface area (Å²) in [7, 11) is -2.59. The lowest BCUT2D eigenvalue weighted by molar-refractivity contribution is -0.125. The van der Waals surface area contributed by atoms with Crippen LogP contribution in [0.3, 0.4) is 0 Å². The highest BCUT2D eigenvalue weighted by Crippen LogP contribution is 2.45. The summed E-state index contributed by atoms with van der Waals surface area (Å²) in [6.07, 6.45) is 0.0635. The zero-order valence-electron chi connectivity index (χ0n) is 8.16. The summed E-state index contributed by atoms with van der Waals surface area (Å²) in [5.74, 6) is -0.620. The fourth-order valence-corrected chi connectivity index (χ4v) is 4.00. The molecule has 8 heteroatoms. The molecule has 1 heterocycles. The van der Waals surface area contributed by atoms with Gasteiger partial charge in [0.1, 0.15) is 11.6 Å². The van der Waals surface area contributed by atoms with Crippen LogP contribution in [-0.4, -0.2) is 32.5 Å². The van der Waals surface area contributed by atoms with E-state index in [2.05, 4.69) is 4.74 Å². The molecule has 5 nitrogen and oxygen atoms in total. The number of methoxy groups -OCH3 is 1. The van der Waals surface area contributed by atoms with Gasteiger partial charge in [0.25, 0.3) is 15.9 Å². The Hall–Kier alpha value is -0.560. The third-order valence-corrected chi connectivity index (χ3v) is 5.09. The number of ether oxygens (including phenoxy) is 1. The number of allylic oxidation sites excluding steroid dienone is 2. The minimum atomic E-state index is -3.89. The van der Waals surface area contributed by atoms with E-state index in [1.807, 2.05) is 0 Å². The first-order valence-electron chi connectivity index (χ1n) is 4.25. The fraction of sp³-hybridized carbons (Fsp3) is 0.375. The van der Waals surface area contributed by atoms with Crippen molar-refractivity contribution in [3.05, 3.63) is 20.5 Å². The molecule has 0 unspecified atom stereocenters. The van der Waals surface area contributed by atoms with Gasteiger partial charge in [0.2, 0.25) is 0 Å². The average molecular weight is 284 g/mol. The van der Waals surface area contributed by atoms with Crippen molar-refractivity contribution in [1.82, 2.24) is 4.31 Å². The van der Waals surface area contributed by atoms with Crippen LogP contribution in [0.25, 0.3) is 0 Å². The molecule has 1 aliphatic carbocycles. The highest BCUT2D eigenvalue weighted by molar-refractivity contribution is 7.94. The molecule has 0 aromatic heterocycles. The molecule has 0 spiro atoms. The number of nitrogens with zero attached hydrogens (tertiary/aromatic N) is 1. The van der Waals surface area contributed by atoms with Crippen LogP contribution in [0, 0.1) is 0 Å². The molecule has 1 aliphatic heterocycles. The molecule has 0 saturated heterocycles. The molecule has 0 bridgehead atoms. The van der Waals surface area contributed by atoms with E-state index in [0.717, 1.165) is 0 Å². The Morgan fingerprint density at radius 3 is 2.56 bits per heavy atom. The third kappa shape index (κ3) is 1.41. The van der Waals surface area contributed by atoms with Crippen molar-refractivity contribution in [2.24, 2.45) is 0 Å². The standard InChI is InChI=1S/C8H7Cl2NO4S/c1-15-3-11-8(12)4-2-5(9)6(10)7(4)16(11,13)14/h2-3H2,1H3. The summed E-state index contributed by atoms with van der Waals surface area (Å²) in [6, 6.07) is 0. The highest BCUT2D eigenvalue weighted by atomic mass is 35.5. The first-order chi connectivity index (χ1) is 7.41. The number of amides is 1. The van der Waals surface area contributed by atoms with Crippen LogP contribution in [0.5, 0.6) is 0 Å². The zero-order chi connectivity index (χ0) is 12.1. The minimum Gasteiger partial charge on any atom is -0.363 e. The Balaban J connectivity index is 2.53. The molecule has 88 valence electrons. The molecule has 16 heavy (non-hydrogen) atoms. The molecule has 0 fully saturated rings. The summed E-state index contributed by atoms with van der Waals surface area (Å²) in [6.45, 7) is -0.323. The van der Waals surface area contributed by atoms with Crippen molar-refractivity contribution >= 4 is 39.1 Å². The van der Waals surface area contributed by atoms with Gasteiger partial charge in [0, 0.05) is 24.1 Å². The summed E-state index contributed by atoms with van der Waals surface area (Å²) >= 11 is 11.5. The van der Waals surface area contributed by atoms with Crippen LogP contribution in [0.4, 0.5) is 0 Å². The molecule has 0 N–H and O–H groups in total. The SMILES string of the molecule is COCN1C(=O)C2=C(C(Cl)=C(Cl)C2)S1(=O)=O. The zero-order valence-corrected chi connectivity index (χ0v) is 10.5. The van der Waals surface area contributed by atoms with Crippen molar-refractivity contribution in [3.63, 3.8) is 0 Å². The van der Waals surface area contributed by atoms with Gasteiger partial charge in [-0.2, -0.15) is 0 Å². The highest BCUT2D eigenvalue weighted by Gasteiger charge is 2.48. The first kappa shape index (κ1) is 11.9. The van der Waals surface area contributed by atoms with Crippen LogP contribution >= 0.6 is 23.2 Å².